The van der Waals surface area contributed by atoms with E-state index in [9.17, 15) is 5.11 Å². The maximum absolute atomic E-state index is 10.5. The minimum Gasteiger partial charge on any atom is -0.393 e. The number of aliphatic hydroxyl groups is 1. The Balaban J connectivity index is 1.55. The van der Waals surface area contributed by atoms with Crippen LogP contribution in [0.3, 0.4) is 0 Å². The lowest BCUT2D eigenvalue weighted by Gasteiger charge is -2.59. The van der Waals surface area contributed by atoms with Crippen molar-refractivity contribution < 1.29 is 5.11 Å². The molecule has 0 aliphatic heterocycles. The van der Waals surface area contributed by atoms with Crippen molar-refractivity contribution in [2.75, 3.05) is 0 Å². The van der Waals surface area contributed by atoms with Crippen LogP contribution < -0.4 is 0 Å². The summed E-state index contributed by atoms with van der Waals surface area (Å²) in [5.74, 6) is 5.08. The molecule has 0 bridgehead atoms. The molecule has 0 heterocycles. The molecule has 1 heteroatoms. The van der Waals surface area contributed by atoms with Gasteiger partial charge in [-0.3, -0.25) is 0 Å². The van der Waals surface area contributed by atoms with E-state index in [0.717, 1.165) is 30.1 Å². The van der Waals surface area contributed by atoms with Gasteiger partial charge in [-0.15, -0.1) is 0 Å². The number of allylic oxidation sites excluding steroid dienone is 4. The van der Waals surface area contributed by atoms with Crippen molar-refractivity contribution in [1.82, 2.24) is 0 Å². The van der Waals surface area contributed by atoms with Crippen molar-refractivity contribution in [3.63, 3.8) is 0 Å². The topological polar surface area (TPSA) is 20.2 Å². The van der Waals surface area contributed by atoms with Crippen LogP contribution in [0.5, 0.6) is 0 Å². The molecule has 3 fully saturated rings. The van der Waals surface area contributed by atoms with Crippen LogP contribution in [0.15, 0.2) is 23.3 Å². The van der Waals surface area contributed by atoms with Gasteiger partial charge in [0.25, 0.3) is 0 Å². The maximum Gasteiger partial charge on any atom is 0.0568 e. The van der Waals surface area contributed by atoms with Crippen LogP contribution in [0.4, 0.5) is 0 Å². The summed E-state index contributed by atoms with van der Waals surface area (Å²) in [6.07, 6.45) is 15.5. The number of hydrogen-bond donors (Lipinski definition) is 1. The third kappa shape index (κ3) is 3.46. The third-order valence-electron chi connectivity index (χ3n) is 11.1. The fourth-order valence-electron chi connectivity index (χ4n) is 8.69. The zero-order valence-electron chi connectivity index (χ0n) is 20.9. The smallest absolute Gasteiger partial charge is 0.0568 e. The predicted octanol–water partition coefficient (Wildman–Crippen LogP) is 7.80. The van der Waals surface area contributed by atoms with Crippen molar-refractivity contribution >= 4 is 0 Å². The van der Waals surface area contributed by atoms with E-state index in [1.54, 1.807) is 5.57 Å². The van der Waals surface area contributed by atoms with Gasteiger partial charge in [0, 0.05) is 0 Å². The molecule has 0 spiro atoms. The van der Waals surface area contributed by atoms with E-state index in [4.69, 9.17) is 0 Å². The Morgan fingerprint density at radius 1 is 1.07 bits per heavy atom. The second-order valence-corrected chi connectivity index (χ2v) is 12.7. The first kappa shape index (κ1) is 22.6. The largest absolute Gasteiger partial charge is 0.393 e. The van der Waals surface area contributed by atoms with Crippen LogP contribution in [0, 0.1) is 52.3 Å². The predicted molar refractivity (Wildman–Crippen MR) is 128 cm³/mol. The minimum atomic E-state index is -0.0778. The van der Waals surface area contributed by atoms with Crippen molar-refractivity contribution in [2.24, 2.45) is 52.3 Å². The van der Waals surface area contributed by atoms with E-state index in [0.29, 0.717) is 28.6 Å². The Hall–Kier alpha value is -0.560. The molecule has 0 aromatic rings. The van der Waals surface area contributed by atoms with Gasteiger partial charge in [-0.05, 0) is 111 Å². The molecule has 0 amide bonds. The highest BCUT2D eigenvalue weighted by Gasteiger charge is 2.59. The highest BCUT2D eigenvalue weighted by molar-refractivity contribution is 5.28. The van der Waals surface area contributed by atoms with Crippen LogP contribution in [-0.4, -0.2) is 11.2 Å². The number of aliphatic hydroxyl groups excluding tert-OH is 1. The summed E-state index contributed by atoms with van der Waals surface area (Å²) in [5.41, 5.74) is 4.34. The van der Waals surface area contributed by atoms with Crippen molar-refractivity contribution in [3.8, 4) is 0 Å². The van der Waals surface area contributed by atoms with Gasteiger partial charge in [-0.25, -0.2) is 0 Å². The van der Waals surface area contributed by atoms with Crippen LogP contribution in [0.1, 0.15) is 99.8 Å². The Kier molecular flexibility index (Phi) is 6.10. The summed E-state index contributed by atoms with van der Waals surface area (Å²) >= 11 is 0. The number of hydrogen-bond acceptors (Lipinski definition) is 1. The summed E-state index contributed by atoms with van der Waals surface area (Å²) in [7, 11) is 0. The Labute approximate surface area is 186 Å². The summed E-state index contributed by atoms with van der Waals surface area (Å²) in [6, 6.07) is 0. The molecule has 4 rings (SSSR count). The Morgan fingerprint density at radius 3 is 2.43 bits per heavy atom. The van der Waals surface area contributed by atoms with E-state index in [1.807, 2.05) is 5.57 Å². The van der Waals surface area contributed by atoms with Gasteiger partial charge >= 0.3 is 0 Å². The van der Waals surface area contributed by atoms with E-state index >= 15 is 0 Å². The molecular formula is C29H48O. The molecule has 0 aromatic carbocycles. The quantitative estimate of drug-likeness (QED) is 0.467. The molecule has 1 nitrogen and oxygen atoms in total. The Morgan fingerprint density at radius 2 is 1.73 bits per heavy atom. The summed E-state index contributed by atoms with van der Waals surface area (Å²) in [6.45, 7) is 17.1. The number of rotatable bonds is 4. The van der Waals surface area contributed by atoms with Crippen LogP contribution >= 0.6 is 0 Å². The van der Waals surface area contributed by atoms with Gasteiger partial charge in [0.05, 0.1) is 6.10 Å². The fourth-order valence-corrected chi connectivity index (χ4v) is 8.69. The molecule has 4 aliphatic carbocycles. The van der Waals surface area contributed by atoms with E-state index in [2.05, 4.69) is 60.6 Å². The van der Waals surface area contributed by atoms with Crippen molar-refractivity contribution in [3.05, 3.63) is 23.3 Å². The molecule has 1 N–H and O–H groups in total. The lowest BCUT2D eigenvalue weighted by Crippen LogP contribution is -2.52. The van der Waals surface area contributed by atoms with Crippen LogP contribution in [0.25, 0.3) is 0 Å². The molecule has 30 heavy (non-hydrogen) atoms. The lowest BCUT2D eigenvalue weighted by molar-refractivity contribution is -0.0772. The lowest BCUT2D eigenvalue weighted by atomic mass is 9.46. The zero-order chi connectivity index (χ0) is 21.8. The SMILES string of the molecule is CC(=CC[C@@H](C)[C@H]1CC[C@H]2C3=CCC4[C@H](C)C(O)CC[C@]4(C)[C@H]3CC[C@]12C)C(C)C. The monoisotopic (exact) mass is 412 g/mol. The highest BCUT2D eigenvalue weighted by atomic mass is 16.3. The van der Waals surface area contributed by atoms with Gasteiger partial charge in [0.15, 0.2) is 0 Å². The van der Waals surface area contributed by atoms with Gasteiger partial charge < -0.3 is 5.11 Å². The molecule has 3 saturated carbocycles. The molecule has 2 unspecified atom stereocenters. The van der Waals surface area contributed by atoms with Crippen LogP contribution in [-0.2, 0) is 0 Å². The summed E-state index contributed by atoms with van der Waals surface area (Å²) in [4.78, 5) is 0. The molecule has 4 aliphatic rings. The second kappa shape index (κ2) is 8.09. The molecular weight excluding hydrogens is 364 g/mol. The molecule has 170 valence electrons. The first-order valence-corrected chi connectivity index (χ1v) is 13.1. The molecule has 0 radical (unpaired) electrons. The first-order valence-electron chi connectivity index (χ1n) is 13.1. The second-order valence-electron chi connectivity index (χ2n) is 12.7. The van der Waals surface area contributed by atoms with Gasteiger partial charge in [0.2, 0.25) is 0 Å². The summed E-state index contributed by atoms with van der Waals surface area (Å²) in [5, 5.41) is 10.5. The minimum absolute atomic E-state index is 0.0778. The molecule has 9 atom stereocenters. The van der Waals surface area contributed by atoms with Gasteiger partial charge in [-0.2, -0.15) is 0 Å². The number of fused-ring (bicyclic) bond motifs is 5. The average Bonchev–Trinajstić information content (AvgIpc) is 3.06. The first-order chi connectivity index (χ1) is 14.1. The van der Waals surface area contributed by atoms with E-state index < -0.39 is 0 Å². The molecule has 0 saturated heterocycles. The maximum atomic E-state index is 10.5. The van der Waals surface area contributed by atoms with E-state index in [1.165, 1.54) is 44.9 Å². The normalized spacial score (nSPS) is 47.4. The Bertz CT molecular complexity index is 701. The third-order valence-corrected chi connectivity index (χ3v) is 11.1. The van der Waals surface area contributed by atoms with Crippen LogP contribution in [0.2, 0.25) is 0 Å². The average molecular weight is 413 g/mol. The standard InChI is InChI=1S/C29H48O/c1-18(2)19(3)8-9-20(4)23-12-13-25-22-10-11-24-21(5)27(30)15-17-29(24,7)26(22)14-16-28(23,25)6/h8,10,18,20-21,23-27,30H,9,11-17H2,1-7H3/t20-,21+,23-,24?,25+,26+,27?,28-,29+/m1/s1. The van der Waals surface area contributed by atoms with Crippen molar-refractivity contribution in [1.29, 1.82) is 0 Å². The molecule has 0 aromatic heterocycles. The fraction of sp³-hybridized carbons (Fsp3) is 0.862. The van der Waals surface area contributed by atoms with Gasteiger partial charge in [-0.1, -0.05) is 64.8 Å². The van der Waals surface area contributed by atoms with Crippen molar-refractivity contribution in [2.45, 2.75) is 106 Å². The summed E-state index contributed by atoms with van der Waals surface area (Å²) < 4.78 is 0. The highest BCUT2D eigenvalue weighted by Crippen LogP contribution is 2.67. The zero-order valence-corrected chi connectivity index (χ0v) is 20.9. The van der Waals surface area contributed by atoms with E-state index in [-0.39, 0.29) is 6.10 Å². The van der Waals surface area contributed by atoms with Gasteiger partial charge in [0.1, 0.15) is 0 Å².